The van der Waals surface area contributed by atoms with Crippen molar-refractivity contribution in [3.05, 3.63) is 0 Å². The number of hydrogen-bond acceptors (Lipinski definition) is 5. The molecule has 0 aromatic rings. The molecule has 1 heterocycles. The second-order valence-corrected chi connectivity index (χ2v) is 3.31. The highest BCUT2D eigenvalue weighted by atomic mass is 16.7. The van der Waals surface area contributed by atoms with Crippen LogP contribution < -0.4 is 5.32 Å². The van der Waals surface area contributed by atoms with Crippen LogP contribution in [-0.4, -0.2) is 35.3 Å². The average Bonchev–Trinajstić information content (AvgIpc) is 2.21. The van der Waals surface area contributed by atoms with Crippen molar-refractivity contribution in [3.8, 4) is 0 Å². The second-order valence-electron chi connectivity index (χ2n) is 3.31. The standard InChI is InChI=1S/C9H12N2O5/c1-6(12)10-5-9(15)16-11-7(13)3-2-4-8(11)14/h2-5H2,1H3,(H,10,12). The van der Waals surface area contributed by atoms with Crippen LogP contribution in [0.5, 0.6) is 0 Å². The van der Waals surface area contributed by atoms with Crippen molar-refractivity contribution in [2.75, 3.05) is 6.54 Å². The molecule has 0 bridgehead atoms. The average molecular weight is 228 g/mol. The van der Waals surface area contributed by atoms with Crippen LogP contribution in [0.25, 0.3) is 0 Å². The van der Waals surface area contributed by atoms with E-state index in [4.69, 9.17) is 0 Å². The summed E-state index contributed by atoms with van der Waals surface area (Å²) in [6.45, 7) is 0.872. The molecule has 0 spiro atoms. The SMILES string of the molecule is CC(=O)NCC(=O)ON1C(=O)CCCC1=O. The number of hydroxylamine groups is 2. The first-order chi connectivity index (χ1) is 7.50. The summed E-state index contributed by atoms with van der Waals surface area (Å²) >= 11 is 0. The molecule has 1 rings (SSSR count). The Kier molecular flexibility index (Phi) is 3.98. The second kappa shape index (κ2) is 5.24. The first-order valence-electron chi connectivity index (χ1n) is 4.81. The minimum absolute atomic E-state index is 0.180. The summed E-state index contributed by atoms with van der Waals surface area (Å²) in [5.41, 5.74) is 0. The van der Waals surface area contributed by atoms with Gasteiger partial charge in [-0.2, -0.15) is 0 Å². The number of amides is 3. The lowest BCUT2D eigenvalue weighted by Crippen LogP contribution is -2.43. The summed E-state index contributed by atoms with van der Waals surface area (Å²) in [5, 5.41) is 2.67. The fourth-order valence-corrected chi connectivity index (χ4v) is 1.17. The molecule has 1 saturated heterocycles. The van der Waals surface area contributed by atoms with Gasteiger partial charge in [0.05, 0.1) is 0 Å². The zero-order valence-corrected chi connectivity index (χ0v) is 8.82. The van der Waals surface area contributed by atoms with Gasteiger partial charge in [-0.1, -0.05) is 0 Å². The fourth-order valence-electron chi connectivity index (χ4n) is 1.17. The van der Waals surface area contributed by atoms with E-state index in [2.05, 4.69) is 10.2 Å². The Labute approximate surface area is 91.7 Å². The minimum atomic E-state index is -0.848. The lowest BCUT2D eigenvalue weighted by Gasteiger charge is -2.22. The molecule has 0 aromatic heterocycles. The van der Waals surface area contributed by atoms with E-state index < -0.39 is 23.7 Å². The fraction of sp³-hybridized carbons (Fsp3) is 0.556. The third-order valence-electron chi connectivity index (χ3n) is 1.91. The summed E-state index contributed by atoms with van der Waals surface area (Å²) in [4.78, 5) is 48.6. The number of carbonyl (C=O) groups is 4. The highest BCUT2D eigenvalue weighted by Gasteiger charge is 2.29. The van der Waals surface area contributed by atoms with Gasteiger partial charge >= 0.3 is 5.97 Å². The number of nitrogens with zero attached hydrogens (tertiary/aromatic N) is 1. The van der Waals surface area contributed by atoms with Gasteiger partial charge in [0.25, 0.3) is 11.8 Å². The third kappa shape index (κ3) is 3.34. The van der Waals surface area contributed by atoms with Gasteiger partial charge in [-0.3, -0.25) is 14.4 Å². The highest BCUT2D eigenvalue weighted by molar-refractivity contribution is 5.97. The Bertz CT molecular complexity index is 323. The van der Waals surface area contributed by atoms with Gasteiger partial charge in [0.1, 0.15) is 6.54 Å². The lowest BCUT2D eigenvalue weighted by atomic mass is 10.1. The van der Waals surface area contributed by atoms with Crippen LogP contribution in [0.15, 0.2) is 0 Å². The van der Waals surface area contributed by atoms with Crippen molar-refractivity contribution in [1.82, 2.24) is 10.4 Å². The van der Waals surface area contributed by atoms with E-state index in [9.17, 15) is 19.2 Å². The number of carbonyl (C=O) groups excluding carboxylic acids is 4. The molecule has 88 valence electrons. The van der Waals surface area contributed by atoms with E-state index in [-0.39, 0.29) is 19.4 Å². The molecule has 7 nitrogen and oxygen atoms in total. The van der Waals surface area contributed by atoms with Crippen molar-refractivity contribution in [1.29, 1.82) is 0 Å². The molecular weight excluding hydrogens is 216 g/mol. The molecule has 3 amide bonds. The molecule has 1 aliphatic heterocycles. The maximum Gasteiger partial charge on any atom is 0.352 e. The van der Waals surface area contributed by atoms with Gasteiger partial charge in [-0.25, -0.2) is 4.79 Å². The zero-order chi connectivity index (χ0) is 12.1. The first-order valence-corrected chi connectivity index (χ1v) is 4.81. The zero-order valence-electron chi connectivity index (χ0n) is 8.82. The normalized spacial score (nSPS) is 15.9. The smallest absolute Gasteiger partial charge is 0.345 e. The van der Waals surface area contributed by atoms with E-state index in [1.54, 1.807) is 0 Å². The predicted molar refractivity (Wildman–Crippen MR) is 50.5 cm³/mol. The van der Waals surface area contributed by atoms with Crippen molar-refractivity contribution in [3.63, 3.8) is 0 Å². The van der Waals surface area contributed by atoms with Crippen molar-refractivity contribution in [2.24, 2.45) is 0 Å². The number of imide groups is 1. The largest absolute Gasteiger partial charge is 0.352 e. The molecule has 1 aliphatic rings. The van der Waals surface area contributed by atoms with Crippen molar-refractivity contribution < 1.29 is 24.0 Å². The minimum Gasteiger partial charge on any atom is -0.345 e. The summed E-state index contributed by atoms with van der Waals surface area (Å²) in [6.07, 6.45) is 0.829. The van der Waals surface area contributed by atoms with Crippen molar-refractivity contribution in [2.45, 2.75) is 26.2 Å². The van der Waals surface area contributed by atoms with E-state index in [0.29, 0.717) is 11.5 Å². The van der Waals surface area contributed by atoms with Gasteiger partial charge in [-0.15, -0.1) is 5.06 Å². The van der Waals surface area contributed by atoms with Gasteiger partial charge in [0.15, 0.2) is 0 Å². The van der Waals surface area contributed by atoms with Crippen LogP contribution in [0, 0.1) is 0 Å². The molecule has 1 N–H and O–H groups in total. The van der Waals surface area contributed by atoms with Crippen LogP contribution >= 0.6 is 0 Å². The van der Waals surface area contributed by atoms with Crippen LogP contribution in [0.4, 0.5) is 0 Å². The number of piperidine rings is 1. The Morgan fingerprint density at radius 2 is 1.88 bits per heavy atom. The molecule has 0 atom stereocenters. The molecule has 7 heteroatoms. The van der Waals surface area contributed by atoms with Gasteiger partial charge in [-0.05, 0) is 6.42 Å². The summed E-state index contributed by atoms with van der Waals surface area (Å²) in [6, 6.07) is 0. The third-order valence-corrected chi connectivity index (χ3v) is 1.91. The van der Waals surface area contributed by atoms with Crippen LogP contribution in [-0.2, 0) is 24.0 Å². The maximum atomic E-state index is 11.2. The molecular formula is C9H12N2O5. The van der Waals surface area contributed by atoms with Gasteiger partial charge < -0.3 is 10.2 Å². The monoisotopic (exact) mass is 228 g/mol. The molecule has 0 radical (unpaired) electrons. The van der Waals surface area contributed by atoms with E-state index >= 15 is 0 Å². The Morgan fingerprint density at radius 1 is 1.31 bits per heavy atom. The van der Waals surface area contributed by atoms with Gasteiger partial charge in [0, 0.05) is 19.8 Å². The molecule has 0 aromatic carbocycles. The van der Waals surface area contributed by atoms with Gasteiger partial charge in [0.2, 0.25) is 5.91 Å². The molecule has 0 aliphatic carbocycles. The lowest BCUT2D eigenvalue weighted by molar-refractivity contribution is -0.204. The van der Waals surface area contributed by atoms with Crippen LogP contribution in [0.2, 0.25) is 0 Å². The Hall–Kier alpha value is -1.92. The molecule has 0 saturated carbocycles. The summed E-state index contributed by atoms with van der Waals surface area (Å²) in [5.74, 6) is -2.31. The summed E-state index contributed by atoms with van der Waals surface area (Å²) in [7, 11) is 0. The van der Waals surface area contributed by atoms with E-state index in [1.807, 2.05) is 0 Å². The van der Waals surface area contributed by atoms with Crippen LogP contribution in [0.1, 0.15) is 26.2 Å². The number of nitrogens with one attached hydrogen (secondary N) is 1. The Balaban J connectivity index is 2.45. The Morgan fingerprint density at radius 3 is 2.38 bits per heavy atom. The quantitative estimate of drug-likeness (QED) is 0.633. The first kappa shape index (κ1) is 12.2. The predicted octanol–water partition coefficient (Wildman–Crippen LogP) is -0.880. The topological polar surface area (TPSA) is 92.8 Å². The number of rotatable bonds is 3. The van der Waals surface area contributed by atoms with Crippen LogP contribution in [0.3, 0.4) is 0 Å². The highest BCUT2D eigenvalue weighted by Crippen LogP contribution is 2.12. The van der Waals surface area contributed by atoms with E-state index in [1.165, 1.54) is 6.92 Å². The molecule has 0 unspecified atom stereocenters. The van der Waals surface area contributed by atoms with E-state index in [0.717, 1.165) is 0 Å². The maximum absolute atomic E-state index is 11.2. The molecule has 1 fully saturated rings. The van der Waals surface area contributed by atoms with Crippen molar-refractivity contribution >= 4 is 23.7 Å². The number of hydrogen-bond donors (Lipinski definition) is 1. The summed E-state index contributed by atoms with van der Waals surface area (Å²) < 4.78 is 0. The molecule has 16 heavy (non-hydrogen) atoms.